The van der Waals surface area contributed by atoms with Gasteiger partial charge >= 0.3 is 11.9 Å². The highest BCUT2D eigenvalue weighted by molar-refractivity contribution is 5.70. The van der Waals surface area contributed by atoms with Crippen molar-refractivity contribution in [3.63, 3.8) is 0 Å². The molecular weight excluding hydrogens is 676 g/mol. The Morgan fingerprint density at radius 2 is 1.11 bits per heavy atom. The number of unbranched alkanes of at least 4 members (excludes halogenated alkanes) is 17. The number of aliphatic hydroxyl groups is 4. The van der Waals surface area contributed by atoms with Gasteiger partial charge in [-0.25, -0.2) is 0 Å². The van der Waals surface area contributed by atoms with Crippen LogP contribution >= 0.6 is 0 Å². The van der Waals surface area contributed by atoms with Crippen LogP contribution in [0.4, 0.5) is 0 Å². The minimum atomic E-state index is -1.60. The molecule has 0 aliphatic carbocycles. The first-order valence-corrected chi connectivity index (χ1v) is 21.1. The van der Waals surface area contributed by atoms with E-state index in [0.29, 0.717) is 12.8 Å². The van der Waals surface area contributed by atoms with E-state index < -0.39 is 55.4 Å². The van der Waals surface area contributed by atoms with E-state index in [-0.39, 0.29) is 26.1 Å². The van der Waals surface area contributed by atoms with Crippen LogP contribution in [0, 0.1) is 0 Å². The summed E-state index contributed by atoms with van der Waals surface area (Å²) in [6.07, 6.45) is 30.1. The molecule has 0 aromatic carbocycles. The first kappa shape index (κ1) is 48.9. The normalized spacial score (nSPS) is 21.2. The van der Waals surface area contributed by atoms with Gasteiger partial charge in [0, 0.05) is 12.8 Å². The number of ether oxygens (including phenoxy) is 4. The molecule has 10 nitrogen and oxygen atoms in total. The van der Waals surface area contributed by atoms with Crippen molar-refractivity contribution in [3.8, 4) is 0 Å². The number of esters is 2. The second-order valence-corrected chi connectivity index (χ2v) is 14.4. The van der Waals surface area contributed by atoms with Crippen LogP contribution in [0.5, 0.6) is 0 Å². The van der Waals surface area contributed by atoms with Gasteiger partial charge < -0.3 is 39.4 Å². The molecule has 4 N–H and O–H groups in total. The summed E-state index contributed by atoms with van der Waals surface area (Å²) < 4.78 is 22.1. The molecule has 0 radical (unpaired) electrons. The number of allylic oxidation sites excluding steroid dienone is 6. The third kappa shape index (κ3) is 26.4. The van der Waals surface area contributed by atoms with Crippen molar-refractivity contribution in [2.24, 2.45) is 0 Å². The molecule has 53 heavy (non-hydrogen) atoms. The molecule has 0 bridgehead atoms. The van der Waals surface area contributed by atoms with Crippen LogP contribution in [0.2, 0.25) is 0 Å². The van der Waals surface area contributed by atoms with E-state index in [9.17, 15) is 30.0 Å². The summed E-state index contributed by atoms with van der Waals surface area (Å²) in [5, 5.41) is 40.0. The van der Waals surface area contributed by atoms with Crippen molar-refractivity contribution in [3.05, 3.63) is 36.5 Å². The molecule has 0 saturated carbocycles. The maximum atomic E-state index is 12.7. The van der Waals surface area contributed by atoms with Crippen molar-refractivity contribution in [2.75, 3.05) is 19.8 Å². The molecule has 6 atom stereocenters. The molecule has 1 fully saturated rings. The fourth-order valence-electron chi connectivity index (χ4n) is 6.20. The summed E-state index contributed by atoms with van der Waals surface area (Å²) in [5.74, 6) is -0.825. The molecule has 1 aliphatic heterocycles. The lowest BCUT2D eigenvalue weighted by molar-refractivity contribution is -0.305. The molecule has 0 spiro atoms. The predicted molar refractivity (Wildman–Crippen MR) is 210 cm³/mol. The summed E-state index contributed by atoms with van der Waals surface area (Å²) in [6.45, 7) is 3.28. The van der Waals surface area contributed by atoms with Crippen LogP contribution in [0.15, 0.2) is 36.5 Å². The van der Waals surface area contributed by atoms with Crippen LogP contribution in [-0.2, 0) is 28.5 Å². The van der Waals surface area contributed by atoms with E-state index in [1.165, 1.54) is 57.8 Å². The summed E-state index contributed by atoms with van der Waals surface area (Å²) in [4.78, 5) is 25.2. The average Bonchev–Trinajstić information content (AvgIpc) is 3.15. The SMILES string of the molecule is CC/C=C\C/C=C\C/C=C\CCCCCCCC(=O)OCC(CO[C@@H]1O[C@H](CO)[C@H](O)[C@H](O)[C@H]1O)OC(=O)CCCCCCCCCCCCCCC. The van der Waals surface area contributed by atoms with E-state index >= 15 is 0 Å². The number of carbonyl (C=O) groups is 2. The average molecular weight is 753 g/mol. The number of hydrogen-bond donors (Lipinski definition) is 4. The number of aliphatic hydroxyl groups excluding tert-OH is 4. The number of carbonyl (C=O) groups excluding carboxylic acids is 2. The molecule has 1 saturated heterocycles. The molecule has 1 rings (SSSR count). The van der Waals surface area contributed by atoms with Crippen molar-refractivity contribution >= 4 is 11.9 Å². The second kappa shape index (κ2) is 34.4. The maximum absolute atomic E-state index is 12.7. The van der Waals surface area contributed by atoms with Crippen molar-refractivity contribution < 1.29 is 49.0 Å². The highest BCUT2D eigenvalue weighted by Gasteiger charge is 2.44. The van der Waals surface area contributed by atoms with Gasteiger partial charge in [0.15, 0.2) is 12.4 Å². The topological polar surface area (TPSA) is 152 Å². The second-order valence-electron chi connectivity index (χ2n) is 14.4. The van der Waals surface area contributed by atoms with Gasteiger partial charge in [-0.1, -0.05) is 147 Å². The van der Waals surface area contributed by atoms with Crippen molar-refractivity contribution in [1.82, 2.24) is 0 Å². The van der Waals surface area contributed by atoms with Crippen LogP contribution in [-0.4, -0.2) is 89.0 Å². The lowest BCUT2D eigenvalue weighted by Gasteiger charge is -2.39. The zero-order chi connectivity index (χ0) is 38.8. The van der Waals surface area contributed by atoms with Gasteiger partial charge in [0.25, 0.3) is 0 Å². The Kier molecular flexibility index (Phi) is 31.8. The first-order chi connectivity index (χ1) is 25.8. The standard InChI is InChI=1S/C43H76O10/c1-3-5-7-9-11-13-15-17-18-20-21-23-25-27-29-31-38(45)50-34-36(35-51-43-42(49)41(48)40(47)37(33-44)53-43)52-39(46)32-30-28-26-24-22-19-16-14-12-10-8-6-4-2/h5,7,11,13,17-18,36-37,40-44,47-49H,3-4,6,8-10,12,14-16,19-35H2,1-2H3/b7-5-,13-11-,18-17-/t36?,37-,40+,41+,42-,43-/m1/s1. The third-order valence-corrected chi connectivity index (χ3v) is 9.54. The highest BCUT2D eigenvalue weighted by atomic mass is 16.7. The number of rotatable bonds is 34. The zero-order valence-electron chi connectivity index (χ0n) is 33.3. The fraction of sp³-hybridized carbons (Fsp3) is 0.814. The van der Waals surface area contributed by atoms with Gasteiger partial charge in [-0.05, 0) is 44.9 Å². The zero-order valence-corrected chi connectivity index (χ0v) is 33.3. The molecule has 308 valence electrons. The minimum absolute atomic E-state index is 0.225. The molecule has 1 heterocycles. The quantitative estimate of drug-likeness (QED) is 0.0287. The predicted octanol–water partition coefficient (Wildman–Crippen LogP) is 8.33. The van der Waals surface area contributed by atoms with Gasteiger partial charge in [-0.15, -0.1) is 0 Å². The summed E-state index contributed by atoms with van der Waals surface area (Å²) in [6, 6.07) is 0. The Hall–Kier alpha value is -2.08. The third-order valence-electron chi connectivity index (χ3n) is 9.54. The molecule has 0 aromatic rings. The summed E-state index contributed by atoms with van der Waals surface area (Å²) in [7, 11) is 0. The Morgan fingerprint density at radius 1 is 0.604 bits per heavy atom. The lowest BCUT2D eigenvalue weighted by atomic mass is 9.99. The van der Waals surface area contributed by atoms with E-state index in [1.54, 1.807) is 0 Å². The number of hydrogen-bond acceptors (Lipinski definition) is 10. The van der Waals surface area contributed by atoms with E-state index in [0.717, 1.165) is 70.6 Å². The van der Waals surface area contributed by atoms with Gasteiger partial charge in [-0.2, -0.15) is 0 Å². The van der Waals surface area contributed by atoms with Gasteiger partial charge in [0.2, 0.25) is 0 Å². The molecule has 1 aliphatic rings. The Bertz CT molecular complexity index is 965. The summed E-state index contributed by atoms with van der Waals surface area (Å²) in [5.41, 5.74) is 0. The van der Waals surface area contributed by atoms with Crippen LogP contribution in [0.1, 0.15) is 168 Å². The van der Waals surface area contributed by atoms with Crippen LogP contribution < -0.4 is 0 Å². The first-order valence-electron chi connectivity index (χ1n) is 21.1. The largest absolute Gasteiger partial charge is 0.462 e. The molecule has 1 unspecified atom stereocenters. The van der Waals surface area contributed by atoms with Gasteiger partial charge in [0.05, 0.1) is 13.2 Å². The molecule has 10 heteroatoms. The van der Waals surface area contributed by atoms with Crippen LogP contribution in [0.3, 0.4) is 0 Å². The van der Waals surface area contributed by atoms with E-state index in [1.807, 2.05) is 0 Å². The smallest absolute Gasteiger partial charge is 0.306 e. The van der Waals surface area contributed by atoms with Crippen molar-refractivity contribution in [2.45, 2.75) is 205 Å². The maximum Gasteiger partial charge on any atom is 0.306 e. The van der Waals surface area contributed by atoms with Gasteiger partial charge in [0.1, 0.15) is 31.0 Å². The monoisotopic (exact) mass is 753 g/mol. The van der Waals surface area contributed by atoms with E-state index in [2.05, 4.69) is 50.3 Å². The summed E-state index contributed by atoms with van der Waals surface area (Å²) >= 11 is 0. The Morgan fingerprint density at radius 3 is 1.68 bits per heavy atom. The Balaban J connectivity index is 2.37. The highest BCUT2D eigenvalue weighted by Crippen LogP contribution is 2.22. The Labute approximate surface area is 321 Å². The molecule has 0 amide bonds. The molecule has 0 aromatic heterocycles. The lowest BCUT2D eigenvalue weighted by Crippen LogP contribution is -2.59. The van der Waals surface area contributed by atoms with Gasteiger partial charge in [-0.3, -0.25) is 9.59 Å². The van der Waals surface area contributed by atoms with E-state index in [4.69, 9.17) is 18.9 Å². The van der Waals surface area contributed by atoms with Crippen molar-refractivity contribution in [1.29, 1.82) is 0 Å². The fourth-order valence-corrected chi connectivity index (χ4v) is 6.20. The minimum Gasteiger partial charge on any atom is -0.462 e. The van der Waals surface area contributed by atoms with Crippen LogP contribution in [0.25, 0.3) is 0 Å². The molecular formula is C43H76O10.